The molecule has 3 aromatic carbocycles. The molecule has 2 amide bonds. The maximum absolute atomic E-state index is 14.1. The number of carbonyl (C=O) groups is 2. The van der Waals surface area contributed by atoms with Gasteiger partial charge < -0.3 is 19.7 Å². The third-order valence-electron chi connectivity index (χ3n) is 6.62. The summed E-state index contributed by atoms with van der Waals surface area (Å²) in [5.41, 5.74) is 3.05. The van der Waals surface area contributed by atoms with Gasteiger partial charge in [-0.1, -0.05) is 67.1 Å². The number of hydrogen-bond donors (Lipinski definition) is 1. The fourth-order valence-corrected chi connectivity index (χ4v) is 5.31. The van der Waals surface area contributed by atoms with Crippen LogP contribution in [0.3, 0.4) is 0 Å². The Balaban J connectivity index is 1.71. The van der Waals surface area contributed by atoms with Crippen molar-refractivity contribution in [2.75, 3.05) is 30.4 Å². The Kier molecular flexibility index (Phi) is 9.31. The van der Waals surface area contributed by atoms with Gasteiger partial charge in [0.05, 0.1) is 11.9 Å². The van der Waals surface area contributed by atoms with E-state index in [1.54, 1.807) is 12.1 Å². The Morgan fingerprint density at radius 2 is 1.65 bits per heavy atom. The zero-order valence-electron chi connectivity index (χ0n) is 23.0. The lowest BCUT2D eigenvalue weighted by molar-refractivity contribution is -0.140. The van der Waals surface area contributed by atoms with Gasteiger partial charge in [0.25, 0.3) is 0 Å². The fourth-order valence-electron chi connectivity index (χ4n) is 4.46. The Hall–Kier alpha value is -4.05. The van der Waals surface area contributed by atoms with E-state index in [1.165, 1.54) is 11.0 Å². The molecule has 0 fully saturated rings. The summed E-state index contributed by atoms with van der Waals surface area (Å²) >= 11 is 0. The van der Waals surface area contributed by atoms with Crippen LogP contribution in [-0.4, -0.2) is 57.3 Å². The molecule has 40 heavy (non-hydrogen) atoms. The van der Waals surface area contributed by atoms with Crippen molar-refractivity contribution in [1.29, 1.82) is 0 Å². The van der Waals surface area contributed by atoms with Crippen LogP contribution in [0.25, 0.3) is 0 Å². The zero-order valence-corrected chi connectivity index (χ0v) is 23.8. The predicted molar refractivity (Wildman–Crippen MR) is 154 cm³/mol. The largest absolute Gasteiger partial charge is 0.454 e. The van der Waals surface area contributed by atoms with Crippen molar-refractivity contribution in [3.8, 4) is 11.5 Å². The third-order valence-corrected chi connectivity index (χ3v) is 7.76. The molecule has 1 aliphatic heterocycles. The minimum Gasteiger partial charge on any atom is -0.454 e. The van der Waals surface area contributed by atoms with Gasteiger partial charge in [0.1, 0.15) is 12.6 Å². The van der Waals surface area contributed by atoms with Crippen molar-refractivity contribution >= 4 is 27.5 Å². The number of benzene rings is 3. The van der Waals surface area contributed by atoms with Gasteiger partial charge in [0.15, 0.2) is 11.5 Å². The smallest absolute Gasteiger partial charge is 0.244 e. The summed E-state index contributed by atoms with van der Waals surface area (Å²) < 4.78 is 37.7. The Morgan fingerprint density at radius 1 is 0.950 bits per heavy atom. The molecule has 0 radical (unpaired) electrons. The number of anilines is 1. The highest BCUT2D eigenvalue weighted by molar-refractivity contribution is 7.92. The van der Waals surface area contributed by atoms with Crippen LogP contribution in [0.5, 0.6) is 11.5 Å². The van der Waals surface area contributed by atoms with Gasteiger partial charge >= 0.3 is 0 Å². The number of ether oxygens (including phenoxy) is 2. The number of nitrogens with one attached hydrogen (secondary N) is 1. The van der Waals surface area contributed by atoms with Crippen LogP contribution in [0.15, 0.2) is 72.8 Å². The number of nitrogens with zero attached hydrogens (tertiary/aromatic N) is 2. The zero-order chi connectivity index (χ0) is 28.7. The van der Waals surface area contributed by atoms with E-state index < -0.39 is 28.5 Å². The highest BCUT2D eigenvalue weighted by Gasteiger charge is 2.33. The van der Waals surface area contributed by atoms with E-state index in [0.29, 0.717) is 18.0 Å². The molecule has 1 atom stereocenters. The van der Waals surface area contributed by atoms with Gasteiger partial charge in [0, 0.05) is 25.6 Å². The molecule has 0 bridgehead atoms. The second-order valence-corrected chi connectivity index (χ2v) is 11.7. The quantitative estimate of drug-likeness (QED) is 0.360. The average Bonchev–Trinajstić information content (AvgIpc) is 3.41. The maximum Gasteiger partial charge on any atom is 0.244 e. The molecule has 1 unspecified atom stereocenters. The van der Waals surface area contributed by atoms with Crippen molar-refractivity contribution in [3.05, 3.63) is 89.5 Å². The Labute approximate surface area is 235 Å². The molecule has 4 rings (SSSR count). The number of hydrogen-bond acceptors (Lipinski definition) is 6. The fraction of sp³-hybridized carbons (Fsp3) is 0.333. The summed E-state index contributed by atoms with van der Waals surface area (Å²) in [6.07, 6.45) is 2.06. The minimum absolute atomic E-state index is 0.0367. The normalized spacial score (nSPS) is 13.0. The number of aryl methyl sites for hydroxylation is 1. The highest BCUT2D eigenvalue weighted by Crippen LogP contribution is 2.36. The second-order valence-electron chi connectivity index (χ2n) is 9.81. The van der Waals surface area contributed by atoms with Crippen molar-refractivity contribution in [2.45, 2.75) is 39.3 Å². The van der Waals surface area contributed by atoms with Gasteiger partial charge in [-0.15, -0.1) is 0 Å². The molecule has 0 saturated heterocycles. The van der Waals surface area contributed by atoms with Gasteiger partial charge in [-0.25, -0.2) is 8.42 Å². The molecule has 1 aliphatic rings. The molecule has 1 N–H and O–H groups in total. The van der Waals surface area contributed by atoms with Gasteiger partial charge in [-0.3, -0.25) is 13.9 Å². The first-order valence-corrected chi connectivity index (χ1v) is 15.0. The molecule has 10 heteroatoms. The van der Waals surface area contributed by atoms with E-state index in [9.17, 15) is 18.0 Å². The first-order valence-electron chi connectivity index (χ1n) is 13.2. The Bertz CT molecular complexity index is 1430. The number of sulfonamides is 1. The SMILES string of the molecule is CCCNC(=O)C(Cc1ccccc1)N(Cc1ccc(C)cc1)C(=O)CN(c1ccc2c(c1)OCO2)S(C)(=O)=O. The summed E-state index contributed by atoms with van der Waals surface area (Å²) in [7, 11) is -3.87. The van der Waals surface area contributed by atoms with Crippen LogP contribution >= 0.6 is 0 Å². The highest BCUT2D eigenvalue weighted by atomic mass is 32.2. The van der Waals surface area contributed by atoms with Crippen molar-refractivity contribution in [3.63, 3.8) is 0 Å². The molecular weight excluding hydrogens is 530 g/mol. The van der Waals surface area contributed by atoms with Crippen molar-refractivity contribution in [1.82, 2.24) is 10.2 Å². The first-order chi connectivity index (χ1) is 19.2. The van der Waals surface area contributed by atoms with Crippen molar-refractivity contribution < 1.29 is 27.5 Å². The summed E-state index contributed by atoms with van der Waals surface area (Å²) in [6, 6.07) is 21.0. The lowest BCUT2D eigenvalue weighted by Gasteiger charge is -2.33. The molecule has 0 spiro atoms. The van der Waals surface area contributed by atoms with E-state index in [1.807, 2.05) is 68.4 Å². The number of amides is 2. The number of carbonyl (C=O) groups excluding carboxylic acids is 2. The van der Waals surface area contributed by atoms with Gasteiger partial charge in [-0.05, 0) is 36.6 Å². The van der Waals surface area contributed by atoms with E-state index in [2.05, 4.69) is 5.32 Å². The molecule has 0 aromatic heterocycles. The van der Waals surface area contributed by atoms with Crippen LogP contribution in [0.4, 0.5) is 5.69 Å². The molecule has 212 valence electrons. The summed E-state index contributed by atoms with van der Waals surface area (Å²) in [4.78, 5) is 29.1. The number of fused-ring (bicyclic) bond motifs is 1. The van der Waals surface area contributed by atoms with Crippen LogP contribution < -0.4 is 19.1 Å². The standard InChI is InChI=1S/C30H35N3O6S/c1-4-16-31-30(35)26(17-23-8-6-5-7-9-23)32(19-24-12-10-22(2)11-13-24)29(34)20-33(40(3,36)37)25-14-15-27-28(18-25)39-21-38-27/h5-15,18,26H,4,16-17,19-21H2,1-3H3,(H,31,35). The van der Waals surface area contributed by atoms with Crippen LogP contribution in [-0.2, 0) is 32.6 Å². The first kappa shape index (κ1) is 28.9. The van der Waals surface area contributed by atoms with E-state index in [-0.39, 0.29) is 31.4 Å². The topological polar surface area (TPSA) is 105 Å². The van der Waals surface area contributed by atoms with E-state index in [4.69, 9.17) is 9.47 Å². The average molecular weight is 566 g/mol. The monoisotopic (exact) mass is 565 g/mol. The van der Waals surface area contributed by atoms with Crippen LogP contribution in [0.2, 0.25) is 0 Å². The lowest BCUT2D eigenvalue weighted by atomic mass is 10.0. The summed E-state index contributed by atoms with van der Waals surface area (Å²) in [5.74, 6) is 0.104. The van der Waals surface area contributed by atoms with E-state index >= 15 is 0 Å². The van der Waals surface area contributed by atoms with Gasteiger partial charge in [0.2, 0.25) is 28.6 Å². The van der Waals surface area contributed by atoms with Crippen molar-refractivity contribution in [2.24, 2.45) is 0 Å². The molecule has 9 nitrogen and oxygen atoms in total. The predicted octanol–water partition coefficient (Wildman–Crippen LogP) is 3.66. The molecule has 0 aliphatic carbocycles. The molecule has 0 saturated carbocycles. The lowest BCUT2D eigenvalue weighted by Crippen LogP contribution is -2.53. The number of rotatable bonds is 12. The van der Waals surface area contributed by atoms with Crippen LogP contribution in [0, 0.1) is 6.92 Å². The Morgan fingerprint density at radius 3 is 2.33 bits per heavy atom. The van der Waals surface area contributed by atoms with Crippen LogP contribution in [0.1, 0.15) is 30.0 Å². The molecule has 3 aromatic rings. The molecule has 1 heterocycles. The molecular formula is C30H35N3O6S. The summed E-state index contributed by atoms with van der Waals surface area (Å²) in [5, 5.41) is 2.93. The third kappa shape index (κ3) is 7.32. The maximum atomic E-state index is 14.1. The summed E-state index contributed by atoms with van der Waals surface area (Å²) in [6.45, 7) is 4.07. The minimum atomic E-state index is -3.87. The van der Waals surface area contributed by atoms with Gasteiger partial charge in [-0.2, -0.15) is 0 Å². The van der Waals surface area contributed by atoms with E-state index in [0.717, 1.165) is 33.7 Å². The second kappa shape index (κ2) is 12.9.